The second-order valence-corrected chi connectivity index (χ2v) is 11.3. The van der Waals surface area contributed by atoms with Crippen LogP contribution in [0.2, 0.25) is 0 Å². The van der Waals surface area contributed by atoms with Gasteiger partial charge in [-0.3, -0.25) is 4.98 Å². The van der Waals surface area contributed by atoms with E-state index in [0.29, 0.717) is 36.0 Å². The van der Waals surface area contributed by atoms with Crippen LogP contribution in [0, 0.1) is 40.9 Å². The fraction of sp³-hybridized carbons (Fsp3) is 0.469. The van der Waals surface area contributed by atoms with Gasteiger partial charge in [0.15, 0.2) is 17.5 Å². The van der Waals surface area contributed by atoms with E-state index in [2.05, 4.69) is 16.6 Å². The van der Waals surface area contributed by atoms with Gasteiger partial charge in [0.1, 0.15) is 22.9 Å². The van der Waals surface area contributed by atoms with Crippen LogP contribution in [0.5, 0.6) is 5.75 Å². The first-order valence-corrected chi connectivity index (χ1v) is 14.3. The van der Waals surface area contributed by atoms with Crippen LogP contribution in [0.4, 0.5) is 30.7 Å². The summed E-state index contributed by atoms with van der Waals surface area (Å²) in [7, 11) is 0. The Morgan fingerprint density at radius 2 is 1.52 bits per heavy atom. The number of ether oxygens (including phenoxy) is 2. The molecule has 2 atom stereocenters. The van der Waals surface area contributed by atoms with Crippen molar-refractivity contribution in [2.75, 3.05) is 6.61 Å². The molecular formula is C32H32F7NO2. The summed E-state index contributed by atoms with van der Waals surface area (Å²) in [6, 6.07) is 5.10. The van der Waals surface area contributed by atoms with Crippen molar-refractivity contribution in [2.45, 2.75) is 76.4 Å². The Hall–Kier alpha value is -3.14. The van der Waals surface area contributed by atoms with Crippen LogP contribution in [0.3, 0.4) is 0 Å². The molecule has 3 nitrogen and oxygen atoms in total. The van der Waals surface area contributed by atoms with Crippen molar-refractivity contribution in [2.24, 2.45) is 11.8 Å². The Balaban J connectivity index is 1.23. The maximum atomic E-state index is 14.8. The highest BCUT2D eigenvalue weighted by Crippen LogP contribution is 2.41. The Morgan fingerprint density at radius 1 is 0.857 bits per heavy atom. The van der Waals surface area contributed by atoms with E-state index in [9.17, 15) is 30.7 Å². The molecule has 2 fully saturated rings. The molecular weight excluding hydrogens is 563 g/mol. The molecule has 0 bridgehead atoms. The quantitative estimate of drug-likeness (QED) is 0.192. The van der Waals surface area contributed by atoms with Gasteiger partial charge in [0.2, 0.25) is 0 Å². The van der Waals surface area contributed by atoms with Crippen molar-refractivity contribution in [1.29, 1.82) is 0 Å². The third kappa shape index (κ3) is 6.58. The molecule has 2 aliphatic rings. The van der Waals surface area contributed by atoms with Gasteiger partial charge in [-0.1, -0.05) is 19.4 Å². The second-order valence-electron chi connectivity index (χ2n) is 11.3. The zero-order chi connectivity index (χ0) is 30.0. The monoisotopic (exact) mass is 595 g/mol. The van der Waals surface area contributed by atoms with E-state index in [4.69, 9.17) is 4.74 Å². The summed E-state index contributed by atoms with van der Waals surface area (Å²) in [4.78, 5) is 4.33. The van der Waals surface area contributed by atoms with Gasteiger partial charge in [-0.25, -0.2) is 22.0 Å². The van der Waals surface area contributed by atoms with Crippen molar-refractivity contribution in [1.82, 2.24) is 4.98 Å². The number of halogens is 7. The first-order chi connectivity index (χ1) is 20.1. The first kappa shape index (κ1) is 30.3. The number of alkyl halides is 2. The molecule has 2 aromatic carbocycles. The lowest BCUT2D eigenvalue weighted by atomic mass is 9.75. The molecule has 226 valence electrons. The normalized spacial score (nSPS) is 23.1. The van der Waals surface area contributed by atoms with Gasteiger partial charge in [0, 0.05) is 30.5 Å². The summed E-state index contributed by atoms with van der Waals surface area (Å²) < 4.78 is 109. The number of nitrogens with zero attached hydrogens (tertiary/aromatic N) is 1. The fourth-order valence-electron chi connectivity index (χ4n) is 6.27. The minimum atomic E-state index is -4.65. The summed E-state index contributed by atoms with van der Waals surface area (Å²) in [6.07, 6.45) is 6.14. The molecule has 1 aliphatic carbocycles. The number of rotatable bonds is 8. The molecule has 3 aromatic rings. The molecule has 42 heavy (non-hydrogen) atoms. The number of pyridine rings is 1. The maximum Gasteiger partial charge on any atom is 0.432 e. The zero-order valence-corrected chi connectivity index (χ0v) is 23.1. The van der Waals surface area contributed by atoms with E-state index in [0.717, 1.165) is 44.3 Å². The zero-order valence-electron chi connectivity index (χ0n) is 23.1. The SMILES string of the molecule is CCCC1CCC(C2CCC(c3ccc(-c4cc(F)c(C(F)(F)Oc5cc(F)c(F)c(F)c5)c(F)c4)nc3)CC2)OC1. The lowest BCUT2D eigenvalue weighted by molar-refractivity contribution is -0.189. The average Bonchev–Trinajstić information content (AvgIpc) is 2.96. The maximum absolute atomic E-state index is 14.8. The van der Waals surface area contributed by atoms with Crippen LogP contribution in [-0.4, -0.2) is 17.7 Å². The van der Waals surface area contributed by atoms with Gasteiger partial charge in [-0.2, -0.15) is 8.78 Å². The summed E-state index contributed by atoms with van der Waals surface area (Å²) in [5, 5.41) is 0. The summed E-state index contributed by atoms with van der Waals surface area (Å²) in [5.74, 6) is -8.40. The highest BCUT2D eigenvalue weighted by Gasteiger charge is 2.42. The van der Waals surface area contributed by atoms with Gasteiger partial charge < -0.3 is 9.47 Å². The molecule has 10 heteroatoms. The molecule has 1 saturated heterocycles. The van der Waals surface area contributed by atoms with E-state index in [1.165, 1.54) is 19.3 Å². The van der Waals surface area contributed by atoms with Crippen LogP contribution in [-0.2, 0) is 10.8 Å². The highest BCUT2D eigenvalue weighted by molar-refractivity contribution is 5.60. The van der Waals surface area contributed by atoms with Crippen LogP contribution in [0.15, 0.2) is 42.6 Å². The molecule has 0 N–H and O–H groups in total. The van der Waals surface area contributed by atoms with Crippen LogP contribution in [0.25, 0.3) is 11.3 Å². The first-order valence-electron chi connectivity index (χ1n) is 14.3. The van der Waals surface area contributed by atoms with Crippen LogP contribution >= 0.6 is 0 Å². The van der Waals surface area contributed by atoms with E-state index >= 15 is 0 Å². The van der Waals surface area contributed by atoms with E-state index in [1.807, 2.05) is 6.07 Å². The predicted molar refractivity (Wildman–Crippen MR) is 142 cm³/mol. The van der Waals surface area contributed by atoms with Crippen molar-refractivity contribution >= 4 is 0 Å². The van der Waals surface area contributed by atoms with Gasteiger partial charge in [0.25, 0.3) is 0 Å². The molecule has 0 amide bonds. The third-order valence-corrected chi connectivity index (χ3v) is 8.49. The predicted octanol–water partition coefficient (Wildman–Crippen LogP) is 9.44. The standard InChI is InChI=1S/C32H32F7NO2/c1-2-3-18-4-11-29(41-17-18)20-7-5-19(6-8-20)21-9-10-28(40-16-21)22-12-24(33)30(25(34)13-22)32(38,39)42-23-14-26(35)31(37)27(36)15-23/h9-10,12-16,18-20,29H,2-8,11,17H2,1H3. The van der Waals surface area contributed by atoms with Crippen LogP contribution in [0.1, 0.15) is 75.3 Å². The largest absolute Gasteiger partial charge is 0.432 e. The summed E-state index contributed by atoms with van der Waals surface area (Å²) >= 11 is 0. The topological polar surface area (TPSA) is 31.4 Å². The second kappa shape index (κ2) is 12.6. The van der Waals surface area contributed by atoms with Crippen molar-refractivity contribution in [3.63, 3.8) is 0 Å². The number of aromatic nitrogens is 1. The molecule has 5 rings (SSSR count). The molecule has 2 heterocycles. The van der Waals surface area contributed by atoms with Gasteiger partial charge in [-0.15, -0.1) is 0 Å². The highest BCUT2D eigenvalue weighted by atomic mass is 19.3. The Kier molecular flexibility index (Phi) is 9.11. The molecule has 1 saturated carbocycles. The van der Waals surface area contributed by atoms with E-state index < -0.39 is 46.5 Å². The minimum absolute atomic E-state index is 0.0745. The fourth-order valence-corrected chi connectivity index (χ4v) is 6.27. The molecule has 2 unspecified atom stereocenters. The summed E-state index contributed by atoms with van der Waals surface area (Å²) in [6.45, 7) is 3.05. The summed E-state index contributed by atoms with van der Waals surface area (Å²) in [5.41, 5.74) is -0.649. The number of benzene rings is 2. The third-order valence-electron chi connectivity index (χ3n) is 8.49. The van der Waals surface area contributed by atoms with Gasteiger partial charge in [-0.05, 0) is 86.5 Å². The van der Waals surface area contributed by atoms with Crippen molar-refractivity contribution in [3.8, 4) is 17.0 Å². The molecule has 0 spiro atoms. The average molecular weight is 596 g/mol. The number of hydrogen-bond acceptors (Lipinski definition) is 3. The number of hydrogen-bond donors (Lipinski definition) is 0. The van der Waals surface area contributed by atoms with Crippen molar-refractivity contribution < 1.29 is 40.2 Å². The van der Waals surface area contributed by atoms with Crippen LogP contribution < -0.4 is 4.74 Å². The van der Waals surface area contributed by atoms with Gasteiger partial charge >= 0.3 is 6.11 Å². The minimum Gasteiger partial charge on any atom is -0.429 e. The van der Waals surface area contributed by atoms with E-state index in [-0.39, 0.29) is 23.4 Å². The molecule has 1 aliphatic heterocycles. The lowest BCUT2D eigenvalue weighted by Crippen LogP contribution is -2.34. The smallest absolute Gasteiger partial charge is 0.429 e. The Morgan fingerprint density at radius 3 is 2.07 bits per heavy atom. The molecule has 0 radical (unpaired) electrons. The lowest BCUT2D eigenvalue weighted by Gasteiger charge is -2.38. The Labute approximate surface area is 240 Å². The molecule has 1 aromatic heterocycles. The Bertz CT molecular complexity index is 1340. The van der Waals surface area contributed by atoms with Crippen molar-refractivity contribution in [3.05, 3.63) is 82.8 Å². The van der Waals surface area contributed by atoms with E-state index in [1.54, 1.807) is 12.3 Å². The van der Waals surface area contributed by atoms with Gasteiger partial charge in [0.05, 0.1) is 11.8 Å².